The Hall–Kier alpha value is -0.870. The highest BCUT2D eigenvalue weighted by Crippen LogP contribution is 2.28. The molecule has 0 heterocycles. The number of hydrogen-bond donors (Lipinski definition) is 1. The number of ether oxygens (including phenoxy) is 1. The van der Waals surface area contributed by atoms with Gasteiger partial charge in [-0.15, -0.1) is 0 Å². The summed E-state index contributed by atoms with van der Waals surface area (Å²) in [6.07, 6.45) is 4.98. The highest BCUT2D eigenvalue weighted by atomic mass is 16.5. The molecule has 0 aromatic rings. The van der Waals surface area contributed by atoms with Gasteiger partial charge in [0.15, 0.2) is 0 Å². The maximum absolute atomic E-state index is 10.8. The van der Waals surface area contributed by atoms with Crippen LogP contribution in [0.2, 0.25) is 0 Å². The van der Waals surface area contributed by atoms with Crippen molar-refractivity contribution in [2.24, 2.45) is 5.92 Å². The minimum Gasteiger partial charge on any atom is -0.478 e. The van der Waals surface area contributed by atoms with Gasteiger partial charge in [0.2, 0.25) is 0 Å². The van der Waals surface area contributed by atoms with Gasteiger partial charge in [0.05, 0.1) is 6.61 Å². The number of likely N-dealkylation sites (N-methyl/N-ethyl adjacent to an activating group) is 1. The van der Waals surface area contributed by atoms with E-state index in [2.05, 4.69) is 4.90 Å². The molecule has 0 bridgehead atoms. The maximum atomic E-state index is 10.8. The van der Waals surface area contributed by atoms with Crippen molar-refractivity contribution in [3.8, 4) is 0 Å². The van der Waals surface area contributed by atoms with Crippen LogP contribution in [0.3, 0.4) is 0 Å². The molecule has 0 spiro atoms. The number of nitrogens with zero attached hydrogens (tertiary/aromatic N) is 1. The molecule has 1 N–H and O–H groups in total. The second kappa shape index (κ2) is 7.45. The summed E-state index contributed by atoms with van der Waals surface area (Å²) in [6, 6.07) is 0. The normalized spacial score (nSPS) is 16.5. The van der Waals surface area contributed by atoms with E-state index in [4.69, 9.17) is 9.84 Å². The highest BCUT2D eigenvalue weighted by Gasteiger charge is 2.20. The molecule has 1 aliphatic rings. The Morgan fingerprint density at radius 1 is 1.53 bits per heavy atom. The summed E-state index contributed by atoms with van der Waals surface area (Å²) < 4.78 is 5.53. The Kier molecular flexibility index (Phi) is 6.22. The number of rotatable bonds is 9. The predicted octanol–water partition coefficient (Wildman–Crippen LogP) is 1.77. The summed E-state index contributed by atoms with van der Waals surface area (Å²) in [7, 11) is 1.98. The molecule has 0 aromatic carbocycles. The minimum atomic E-state index is -0.814. The van der Waals surface area contributed by atoms with E-state index in [1.807, 2.05) is 14.0 Å². The fourth-order valence-electron chi connectivity index (χ4n) is 1.50. The van der Waals surface area contributed by atoms with Crippen LogP contribution in [0.15, 0.2) is 11.6 Å². The maximum Gasteiger partial charge on any atom is 0.331 e. The summed E-state index contributed by atoms with van der Waals surface area (Å²) in [5.74, 6) is -0.00945. The van der Waals surface area contributed by atoms with E-state index in [-0.39, 0.29) is 0 Å². The van der Waals surface area contributed by atoms with Crippen LogP contribution in [0.25, 0.3) is 0 Å². The molecule has 0 saturated heterocycles. The van der Waals surface area contributed by atoms with Gasteiger partial charge >= 0.3 is 5.97 Å². The van der Waals surface area contributed by atoms with E-state index in [0.29, 0.717) is 18.5 Å². The minimum absolute atomic E-state index is 0.482. The highest BCUT2D eigenvalue weighted by molar-refractivity contribution is 5.86. The first-order chi connectivity index (χ1) is 8.13. The molecule has 17 heavy (non-hydrogen) atoms. The molecule has 0 amide bonds. The Morgan fingerprint density at radius 2 is 2.24 bits per heavy atom. The van der Waals surface area contributed by atoms with Gasteiger partial charge in [-0.3, -0.25) is 0 Å². The SMILES string of the molecule is CCC(=CCN(C)CCOCC1CC1)C(=O)O. The van der Waals surface area contributed by atoms with Gasteiger partial charge < -0.3 is 14.7 Å². The zero-order valence-corrected chi connectivity index (χ0v) is 10.8. The first-order valence-corrected chi connectivity index (χ1v) is 6.32. The lowest BCUT2D eigenvalue weighted by Gasteiger charge is -2.14. The Morgan fingerprint density at radius 3 is 2.76 bits per heavy atom. The second-order valence-corrected chi connectivity index (χ2v) is 4.67. The molecule has 4 nitrogen and oxygen atoms in total. The van der Waals surface area contributed by atoms with Crippen molar-refractivity contribution in [1.29, 1.82) is 0 Å². The summed E-state index contributed by atoms with van der Waals surface area (Å²) in [5.41, 5.74) is 0.482. The monoisotopic (exact) mass is 241 g/mol. The van der Waals surface area contributed by atoms with Crippen molar-refractivity contribution in [1.82, 2.24) is 4.90 Å². The van der Waals surface area contributed by atoms with Gasteiger partial charge in [-0.05, 0) is 32.2 Å². The van der Waals surface area contributed by atoms with Gasteiger partial charge in [0.1, 0.15) is 0 Å². The molecule has 0 atom stereocenters. The standard InChI is InChI=1S/C13H23NO3/c1-3-12(13(15)16)6-7-14(2)8-9-17-10-11-4-5-11/h6,11H,3-5,7-10H2,1-2H3,(H,15,16). The van der Waals surface area contributed by atoms with Gasteiger partial charge in [0, 0.05) is 25.3 Å². The molecule has 1 aliphatic carbocycles. The summed E-state index contributed by atoms with van der Waals surface area (Å²) in [4.78, 5) is 12.8. The Labute approximate surface area is 103 Å². The largest absolute Gasteiger partial charge is 0.478 e. The quantitative estimate of drug-likeness (QED) is 0.493. The number of carbonyl (C=O) groups is 1. The van der Waals surface area contributed by atoms with Crippen molar-refractivity contribution < 1.29 is 14.6 Å². The molecule has 1 fully saturated rings. The Balaban J connectivity index is 2.09. The fourth-order valence-corrected chi connectivity index (χ4v) is 1.50. The smallest absolute Gasteiger partial charge is 0.331 e. The van der Waals surface area contributed by atoms with E-state index >= 15 is 0 Å². The average molecular weight is 241 g/mol. The van der Waals surface area contributed by atoms with Crippen LogP contribution in [-0.4, -0.2) is 49.3 Å². The zero-order valence-electron chi connectivity index (χ0n) is 10.8. The first kappa shape index (κ1) is 14.2. The lowest BCUT2D eigenvalue weighted by Crippen LogP contribution is -2.24. The third kappa shape index (κ3) is 6.44. The van der Waals surface area contributed by atoms with Crippen molar-refractivity contribution >= 4 is 5.97 Å². The van der Waals surface area contributed by atoms with Crippen LogP contribution in [0, 0.1) is 5.92 Å². The molecular weight excluding hydrogens is 218 g/mol. The fraction of sp³-hybridized carbons (Fsp3) is 0.769. The third-order valence-electron chi connectivity index (χ3n) is 2.97. The van der Waals surface area contributed by atoms with E-state index in [0.717, 1.165) is 25.7 Å². The lowest BCUT2D eigenvalue weighted by molar-refractivity contribution is -0.132. The van der Waals surface area contributed by atoms with Crippen LogP contribution in [0.4, 0.5) is 0 Å². The lowest BCUT2D eigenvalue weighted by atomic mass is 10.2. The molecule has 4 heteroatoms. The predicted molar refractivity (Wildman–Crippen MR) is 67.0 cm³/mol. The molecule has 0 aliphatic heterocycles. The van der Waals surface area contributed by atoms with Gasteiger partial charge in [0.25, 0.3) is 0 Å². The average Bonchev–Trinajstić information content (AvgIpc) is 3.08. The summed E-state index contributed by atoms with van der Waals surface area (Å²) in [5, 5.41) is 8.86. The van der Waals surface area contributed by atoms with Crippen LogP contribution in [0.5, 0.6) is 0 Å². The molecule has 0 unspecified atom stereocenters. The van der Waals surface area contributed by atoms with E-state index in [1.165, 1.54) is 12.8 Å². The topological polar surface area (TPSA) is 49.8 Å². The number of hydrogen-bond acceptors (Lipinski definition) is 3. The van der Waals surface area contributed by atoms with Crippen LogP contribution >= 0.6 is 0 Å². The zero-order chi connectivity index (χ0) is 12.7. The molecule has 0 radical (unpaired) electrons. The number of aliphatic carboxylic acids is 1. The van der Waals surface area contributed by atoms with Gasteiger partial charge in [-0.2, -0.15) is 0 Å². The first-order valence-electron chi connectivity index (χ1n) is 6.32. The van der Waals surface area contributed by atoms with Gasteiger partial charge in [-0.25, -0.2) is 4.79 Å². The number of carboxylic acids is 1. The van der Waals surface area contributed by atoms with Crippen molar-refractivity contribution in [2.45, 2.75) is 26.2 Å². The van der Waals surface area contributed by atoms with E-state index in [1.54, 1.807) is 6.08 Å². The summed E-state index contributed by atoms with van der Waals surface area (Å²) in [6.45, 7) is 5.00. The number of carboxylic acid groups (broad SMARTS) is 1. The molecule has 98 valence electrons. The van der Waals surface area contributed by atoms with Crippen LogP contribution in [0.1, 0.15) is 26.2 Å². The van der Waals surface area contributed by atoms with E-state index < -0.39 is 5.97 Å². The van der Waals surface area contributed by atoms with Crippen LogP contribution in [-0.2, 0) is 9.53 Å². The van der Waals surface area contributed by atoms with Crippen LogP contribution < -0.4 is 0 Å². The molecule has 1 saturated carbocycles. The molecular formula is C13H23NO3. The summed E-state index contributed by atoms with van der Waals surface area (Å²) >= 11 is 0. The molecule has 0 aromatic heterocycles. The van der Waals surface area contributed by atoms with Crippen molar-refractivity contribution in [3.05, 3.63) is 11.6 Å². The Bertz CT molecular complexity index is 272. The molecule has 1 rings (SSSR count). The van der Waals surface area contributed by atoms with Crippen molar-refractivity contribution in [2.75, 3.05) is 33.4 Å². The second-order valence-electron chi connectivity index (χ2n) is 4.67. The van der Waals surface area contributed by atoms with E-state index in [9.17, 15) is 4.79 Å². The van der Waals surface area contributed by atoms with Gasteiger partial charge in [-0.1, -0.05) is 13.0 Å². The van der Waals surface area contributed by atoms with Crippen molar-refractivity contribution in [3.63, 3.8) is 0 Å². The third-order valence-corrected chi connectivity index (χ3v) is 2.97.